The van der Waals surface area contributed by atoms with E-state index >= 15 is 0 Å². The van der Waals surface area contributed by atoms with Crippen molar-refractivity contribution in [1.82, 2.24) is 14.8 Å². The quantitative estimate of drug-likeness (QED) is 0.570. The molecule has 0 aliphatic heterocycles. The van der Waals surface area contributed by atoms with Crippen LogP contribution < -0.4 is 0 Å². The lowest BCUT2D eigenvalue weighted by molar-refractivity contribution is -0.384. The lowest BCUT2D eigenvalue weighted by atomic mass is 10.1. The van der Waals surface area contributed by atoms with Crippen LogP contribution >= 0.6 is 0 Å². The molecule has 7 heteroatoms. The number of nitro groups is 1. The van der Waals surface area contributed by atoms with Crippen LogP contribution in [0.4, 0.5) is 10.1 Å². The highest BCUT2D eigenvalue weighted by molar-refractivity contribution is 5.67. The maximum absolute atomic E-state index is 12.9. The summed E-state index contributed by atoms with van der Waals surface area (Å²) in [6.07, 6.45) is 1.42. The Bertz CT molecular complexity index is 552. The van der Waals surface area contributed by atoms with E-state index in [9.17, 15) is 14.5 Å². The first kappa shape index (κ1) is 10.2. The summed E-state index contributed by atoms with van der Waals surface area (Å²) >= 11 is 0. The van der Waals surface area contributed by atoms with E-state index in [1.807, 2.05) is 0 Å². The van der Waals surface area contributed by atoms with Crippen molar-refractivity contribution in [2.24, 2.45) is 7.05 Å². The Morgan fingerprint density at radius 2 is 2.25 bits per heavy atom. The molecule has 0 unspecified atom stereocenters. The van der Waals surface area contributed by atoms with Gasteiger partial charge in [0.2, 0.25) is 0 Å². The molecule has 2 aromatic rings. The molecular formula is C9H7FN4O2. The van der Waals surface area contributed by atoms with Crippen LogP contribution in [0.2, 0.25) is 0 Å². The number of aromatic nitrogens is 3. The number of aryl methyl sites for hydroxylation is 1. The third-order valence-electron chi connectivity index (χ3n) is 2.11. The molecule has 0 atom stereocenters. The van der Waals surface area contributed by atoms with Crippen LogP contribution in [-0.4, -0.2) is 19.7 Å². The molecule has 0 aliphatic carbocycles. The fourth-order valence-electron chi connectivity index (χ4n) is 1.37. The van der Waals surface area contributed by atoms with Gasteiger partial charge in [-0.25, -0.2) is 4.39 Å². The zero-order valence-electron chi connectivity index (χ0n) is 8.29. The van der Waals surface area contributed by atoms with Crippen LogP contribution in [0.25, 0.3) is 11.4 Å². The highest BCUT2D eigenvalue weighted by Crippen LogP contribution is 2.28. The van der Waals surface area contributed by atoms with Crippen LogP contribution in [0.15, 0.2) is 24.5 Å². The maximum Gasteiger partial charge on any atom is 0.283 e. The highest BCUT2D eigenvalue weighted by atomic mass is 19.1. The predicted octanol–water partition coefficient (Wildman–Crippen LogP) is 1.53. The zero-order chi connectivity index (χ0) is 11.7. The van der Waals surface area contributed by atoms with Gasteiger partial charge in [-0.05, 0) is 12.1 Å². The van der Waals surface area contributed by atoms with Crippen LogP contribution in [0, 0.1) is 15.9 Å². The molecule has 2 rings (SSSR count). The SMILES string of the molecule is Cn1cnnc1-c1ccc(F)cc1[N+](=O)[O-]. The van der Waals surface area contributed by atoms with E-state index in [0.717, 1.165) is 12.1 Å². The first-order valence-electron chi connectivity index (χ1n) is 4.38. The molecule has 0 radical (unpaired) electrons. The van der Waals surface area contributed by atoms with Crippen molar-refractivity contribution in [1.29, 1.82) is 0 Å². The number of rotatable bonds is 2. The molecule has 6 nitrogen and oxygen atoms in total. The number of hydrogen-bond donors (Lipinski definition) is 0. The summed E-state index contributed by atoms with van der Waals surface area (Å²) < 4.78 is 14.4. The second-order valence-corrected chi connectivity index (χ2v) is 3.18. The molecule has 1 heterocycles. The van der Waals surface area contributed by atoms with Crippen molar-refractivity contribution >= 4 is 5.69 Å². The van der Waals surface area contributed by atoms with Gasteiger partial charge in [0.15, 0.2) is 5.82 Å². The average molecular weight is 222 g/mol. The number of nitrogens with zero attached hydrogens (tertiary/aromatic N) is 4. The van der Waals surface area contributed by atoms with E-state index in [2.05, 4.69) is 10.2 Å². The Kier molecular flexibility index (Phi) is 2.35. The van der Waals surface area contributed by atoms with E-state index in [1.54, 1.807) is 7.05 Å². The van der Waals surface area contributed by atoms with E-state index in [1.165, 1.54) is 17.0 Å². The van der Waals surface area contributed by atoms with Crippen LogP contribution in [0.1, 0.15) is 0 Å². The molecule has 0 aliphatic rings. The Morgan fingerprint density at radius 3 is 2.81 bits per heavy atom. The molecule has 82 valence electrons. The van der Waals surface area contributed by atoms with Gasteiger partial charge in [-0.1, -0.05) is 0 Å². The Labute approximate surface area is 89.5 Å². The first-order valence-corrected chi connectivity index (χ1v) is 4.38. The van der Waals surface area contributed by atoms with E-state index in [0.29, 0.717) is 5.82 Å². The van der Waals surface area contributed by atoms with Crippen molar-refractivity contribution in [3.8, 4) is 11.4 Å². The molecule has 0 spiro atoms. The molecule has 1 aromatic heterocycles. The van der Waals surface area contributed by atoms with E-state index < -0.39 is 10.7 Å². The zero-order valence-corrected chi connectivity index (χ0v) is 8.29. The smallest absolute Gasteiger partial charge is 0.283 e. The van der Waals surface area contributed by atoms with E-state index in [4.69, 9.17) is 0 Å². The summed E-state index contributed by atoms with van der Waals surface area (Å²) in [7, 11) is 1.66. The molecule has 0 N–H and O–H groups in total. The van der Waals surface area contributed by atoms with Gasteiger partial charge >= 0.3 is 0 Å². The summed E-state index contributed by atoms with van der Waals surface area (Å²) in [6.45, 7) is 0. The van der Waals surface area contributed by atoms with Gasteiger partial charge < -0.3 is 4.57 Å². The van der Waals surface area contributed by atoms with Crippen molar-refractivity contribution < 1.29 is 9.31 Å². The lowest BCUT2D eigenvalue weighted by Gasteiger charge is -2.01. The Hall–Kier alpha value is -2.31. The molecule has 0 bridgehead atoms. The van der Waals surface area contributed by atoms with Gasteiger partial charge in [0.25, 0.3) is 5.69 Å². The number of halogens is 1. The van der Waals surface area contributed by atoms with Crippen molar-refractivity contribution in [2.45, 2.75) is 0 Å². The van der Waals surface area contributed by atoms with Crippen LogP contribution in [0.3, 0.4) is 0 Å². The standard InChI is InChI=1S/C9H7FN4O2/c1-13-5-11-12-9(13)7-3-2-6(10)4-8(7)14(15)16/h2-5H,1H3. The number of benzene rings is 1. The maximum atomic E-state index is 12.9. The molecule has 0 amide bonds. The fourth-order valence-corrected chi connectivity index (χ4v) is 1.37. The summed E-state index contributed by atoms with van der Waals surface area (Å²) in [4.78, 5) is 10.1. The normalized spacial score (nSPS) is 10.4. The topological polar surface area (TPSA) is 73.8 Å². The Balaban J connectivity index is 2.65. The Morgan fingerprint density at radius 1 is 1.50 bits per heavy atom. The van der Waals surface area contributed by atoms with Gasteiger partial charge in [-0.2, -0.15) is 0 Å². The lowest BCUT2D eigenvalue weighted by Crippen LogP contribution is -1.97. The minimum atomic E-state index is -0.655. The largest absolute Gasteiger partial charge is 0.317 e. The van der Waals surface area contributed by atoms with Gasteiger partial charge in [-0.15, -0.1) is 10.2 Å². The summed E-state index contributed by atoms with van der Waals surface area (Å²) in [5, 5.41) is 18.1. The van der Waals surface area contributed by atoms with Crippen LogP contribution in [-0.2, 0) is 7.05 Å². The van der Waals surface area contributed by atoms with Gasteiger partial charge in [0.05, 0.1) is 16.6 Å². The molecule has 0 fully saturated rings. The van der Waals surface area contributed by atoms with E-state index in [-0.39, 0.29) is 11.3 Å². The average Bonchev–Trinajstić information content (AvgIpc) is 2.64. The van der Waals surface area contributed by atoms with Crippen molar-refractivity contribution in [2.75, 3.05) is 0 Å². The second kappa shape index (κ2) is 3.69. The van der Waals surface area contributed by atoms with Gasteiger partial charge in [-0.3, -0.25) is 10.1 Å². The molecule has 0 saturated heterocycles. The number of hydrogen-bond acceptors (Lipinski definition) is 4. The van der Waals surface area contributed by atoms with Gasteiger partial charge in [0.1, 0.15) is 12.1 Å². The fraction of sp³-hybridized carbons (Fsp3) is 0.111. The minimum absolute atomic E-state index is 0.242. The van der Waals surface area contributed by atoms with Gasteiger partial charge in [0, 0.05) is 7.05 Å². The second-order valence-electron chi connectivity index (χ2n) is 3.18. The van der Waals surface area contributed by atoms with Crippen molar-refractivity contribution in [3.63, 3.8) is 0 Å². The first-order chi connectivity index (χ1) is 7.59. The predicted molar refractivity (Wildman–Crippen MR) is 53.1 cm³/mol. The van der Waals surface area contributed by atoms with Crippen molar-refractivity contribution in [3.05, 3.63) is 40.5 Å². The third kappa shape index (κ3) is 1.62. The molecule has 0 saturated carbocycles. The highest BCUT2D eigenvalue weighted by Gasteiger charge is 2.19. The molecule has 1 aromatic carbocycles. The third-order valence-corrected chi connectivity index (χ3v) is 2.11. The monoisotopic (exact) mass is 222 g/mol. The summed E-state index contributed by atoms with van der Waals surface area (Å²) in [6, 6.07) is 3.33. The number of nitro benzene ring substituents is 1. The summed E-state index contributed by atoms with van der Waals surface area (Å²) in [5.74, 6) is -0.329. The molecule has 16 heavy (non-hydrogen) atoms. The molecular weight excluding hydrogens is 215 g/mol. The summed E-state index contributed by atoms with van der Waals surface area (Å²) in [5.41, 5.74) is -0.0810. The minimum Gasteiger partial charge on any atom is -0.317 e. The van der Waals surface area contributed by atoms with Crippen LogP contribution in [0.5, 0.6) is 0 Å².